The van der Waals surface area contributed by atoms with Gasteiger partial charge < -0.3 is 10.4 Å². The van der Waals surface area contributed by atoms with Crippen LogP contribution < -0.4 is 5.32 Å². The zero-order valence-corrected chi connectivity index (χ0v) is 17.2. The number of aromatic carboxylic acids is 1. The summed E-state index contributed by atoms with van der Waals surface area (Å²) in [4.78, 5) is 13.3. The Morgan fingerprint density at radius 1 is 1.03 bits per heavy atom. The molecule has 0 aromatic heterocycles. The SMILES string of the molecule is O=C(O)c1ccc(CN2CCC(CNC3CC3c3ccc(C(F)(F)F)cc3)CC2)cc1. The normalized spacial score (nSPS) is 22.4. The number of halogens is 3. The van der Waals surface area contributed by atoms with Crippen LogP contribution >= 0.6 is 0 Å². The van der Waals surface area contributed by atoms with Crippen LogP contribution in [0, 0.1) is 5.92 Å². The molecule has 2 atom stereocenters. The lowest BCUT2D eigenvalue weighted by atomic mass is 9.96. The fourth-order valence-corrected chi connectivity index (χ4v) is 4.39. The molecule has 2 fully saturated rings. The number of benzene rings is 2. The van der Waals surface area contributed by atoms with Gasteiger partial charge in [0.05, 0.1) is 11.1 Å². The fraction of sp³-hybridized carbons (Fsp3) is 0.458. The predicted octanol–water partition coefficient (Wildman–Crippen LogP) is 4.76. The molecule has 4 rings (SSSR count). The standard InChI is InChI=1S/C24H27F3N2O2/c25-24(26,27)20-7-5-18(6-8-20)21-13-22(21)28-14-16-9-11-29(12-10-16)15-17-1-3-19(4-2-17)23(30)31/h1-8,16,21-22,28H,9-15H2,(H,30,31). The highest BCUT2D eigenvalue weighted by molar-refractivity contribution is 5.87. The van der Waals surface area contributed by atoms with Crippen LogP contribution in [-0.4, -0.2) is 41.7 Å². The second-order valence-corrected chi connectivity index (χ2v) is 8.70. The summed E-state index contributed by atoms with van der Waals surface area (Å²) < 4.78 is 38.1. The van der Waals surface area contributed by atoms with Gasteiger partial charge in [-0.25, -0.2) is 4.79 Å². The monoisotopic (exact) mass is 432 g/mol. The minimum Gasteiger partial charge on any atom is -0.478 e. The molecule has 1 heterocycles. The predicted molar refractivity (Wildman–Crippen MR) is 112 cm³/mol. The molecule has 166 valence electrons. The quantitative estimate of drug-likeness (QED) is 0.662. The van der Waals surface area contributed by atoms with Crippen molar-refractivity contribution in [1.82, 2.24) is 10.2 Å². The van der Waals surface area contributed by atoms with Gasteiger partial charge in [0.15, 0.2) is 0 Å². The number of nitrogens with one attached hydrogen (secondary N) is 1. The van der Waals surface area contributed by atoms with Gasteiger partial charge in [-0.05, 0) is 80.2 Å². The van der Waals surface area contributed by atoms with Crippen molar-refractivity contribution in [3.63, 3.8) is 0 Å². The Kier molecular flexibility index (Phi) is 6.34. The minimum atomic E-state index is -4.28. The lowest BCUT2D eigenvalue weighted by Crippen LogP contribution is -2.37. The van der Waals surface area contributed by atoms with Gasteiger partial charge in [0, 0.05) is 18.5 Å². The van der Waals surface area contributed by atoms with E-state index in [9.17, 15) is 18.0 Å². The summed E-state index contributed by atoms with van der Waals surface area (Å²) in [6, 6.07) is 13.0. The minimum absolute atomic E-state index is 0.309. The van der Waals surface area contributed by atoms with Crippen LogP contribution in [0.15, 0.2) is 48.5 Å². The van der Waals surface area contributed by atoms with Crippen molar-refractivity contribution in [2.75, 3.05) is 19.6 Å². The number of hydrogen-bond acceptors (Lipinski definition) is 3. The maximum absolute atomic E-state index is 12.7. The number of likely N-dealkylation sites (tertiary alicyclic amines) is 1. The number of rotatable bonds is 7. The van der Waals surface area contributed by atoms with E-state index in [0.29, 0.717) is 23.4 Å². The molecular weight excluding hydrogens is 405 g/mol. The highest BCUT2D eigenvalue weighted by Crippen LogP contribution is 2.42. The summed E-state index contributed by atoms with van der Waals surface area (Å²) in [6.45, 7) is 3.81. The van der Waals surface area contributed by atoms with Crippen molar-refractivity contribution in [3.8, 4) is 0 Å². The van der Waals surface area contributed by atoms with Gasteiger partial charge in [0.1, 0.15) is 0 Å². The Labute approximate surface area is 180 Å². The third-order valence-electron chi connectivity index (χ3n) is 6.44. The second-order valence-electron chi connectivity index (χ2n) is 8.70. The number of carboxylic acids is 1. The zero-order chi connectivity index (χ0) is 22.0. The Balaban J connectivity index is 1.17. The van der Waals surface area contributed by atoms with Crippen LogP contribution in [0.25, 0.3) is 0 Å². The maximum Gasteiger partial charge on any atom is 0.416 e. The molecule has 1 aliphatic heterocycles. The van der Waals surface area contributed by atoms with Gasteiger partial charge in [0.25, 0.3) is 0 Å². The van der Waals surface area contributed by atoms with E-state index >= 15 is 0 Å². The Morgan fingerprint density at radius 2 is 1.68 bits per heavy atom. The molecule has 7 heteroatoms. The van der Waals surface area contributed by atoms with E-state index < -0.39 is 17.7 Å². The Bertz CT molecular complexity index is 889. The molecule has 0 amide bonds. The van der Waals surface area contributed by atoms with E-state index in [1.807, 2.05) is 12.1 Å². The van der Waals surface area contributed by atoms with Gasteiger partial charge in [-0.2, -0.15) is 13.2 Å². The summed E-state index contributed by atoms with van der Waals surface area (Å²) >= 11 is 0. The average molecular weight is 432 g/mol. The molecule has 2 aliphatic rings. The molecule has 2 unspecified atom stereocenters. The molecule has 0 spiro atoms. The summed E-state index contributed by atoms with van der Waals surface area (Å²) in [5.41, 5.74) is 1.82. The molecule has 0 bridgehead atoms. The van der Waals surface area contributed by atoms with Crippen LogP contribution in [0.3, 0.4) is 0 Å². The molecule has 2 N–H and O–H groups in total. The molecular formula is C24H27F3N2O2. The van der Waals surface area contributed by atoms with Gasteiger partial charge in [-0.3, -0.25) is 4.90 Å². The number of carboxylic acid groups (broad SMARTS) is 1. The van der Waals surface area contributed by atoms with Crippen molar-refractivity contribution < 1.29 is 23.1 Å². The number of piperidine rings is 1. The smallest absolute Gasteiger partial charge is 0.416 e. The molecule has 2 aromatic rings. The molecule has 1 aliphatic carbocycles. The maximum atomic E-state index is 12.7. The first-order chi connectivity index (χ1) is 14.8. The van der Waals surface area contributed by atoms with Crippen molar-refractivity contribution >= 4 is 5.97 Å². The molecule has 2 aromatic carbocycles. The largest absolute Gasteiger partial charge is 0.478 e. The molecule has 1 saturated heterocycles. The summed E-state index contributed by atoms with van der Waals surface area (Å²) in [6.07, 6.45) is -1.08. The summed E-state index contributed by atoms with van der Waals surface area (Å²) in [7, 11) is 0. The van der Waals surface area contributed by atoms with Crippen LogP contribution in [-0.2, 0) is 12.7 Å². The molecule has 31 heavy (non-hydrogen) atoms. The van der Waals surface area contributed by atoms with Crippen LogP contribution in [0.1, 0.15) is 52.2 Å². The van der Waals surface area contributed by atoms with Gasteiger partial charge in [-0.15, -0.1) is 0 Å². The topological polar surface area (TPSA) is 52.6 Å². The van der Waals surface area contributed by atoms with E-state index in [0.717, 1.165) is 56.6 Å². The van der Waals surface area contributed by atoms with Crippen molar-refractivity contribution in [2.24, 2.45) is 5.92 Å². The lowest BCUT2D eigenvalue weighted by Gasteiger charge is -2.32. The second kappa shape index (κ2) is 9.01. The van der Waals surface area contributed by atoms with Gasteiger partial charge in [-0.1, -0.05) is 24.3 Å². The van der Waals surface area contributed by atoms with Gasteiger partial charge >= 0.3 is 12.1 Å². The van der Waals surface area contributed by atoms with Crippen LogP contribution in [0.2, 0.25) is 0 Å². The number of alkyl halides is 3. The zero-order valence-electron chi connectivity index (χ0n) is 17.2. The van der Waals surface area contributed by atoms with Crippen LogP contribution in [0.5, 0.6) is 0 Å². The first-order valence-electron chi connectivity index (χ1n) is 10.7. The highest BCUT2D eigenvalue weighted by atomic mass is 19.4. The highest BCUT2D eigenvalue weighted by Gasteiger charge is 2.39. The molecule has 1 saturated carbocycles. The Morgan fingerprint density at radius 3 is 2.26 bits per heavy atom. The fourth-order valence-electron chi connectivity index (χ4n) is 4.39. The molecule has 4 nitrogen and oxygen atoms in total. The first-order valence-corrected chi connectivity index (χ1v) is 10.7. The van der Waals surface area contributed by atoms with Crippen molar-refractivity contribution in [1.29, 1.82) is 0 Å². The lowest BCUT2D eigenvalue weighted by molar-refractivity contribution is -0.137. The third-order valence-corrected chi connectivity index (χ3v) is 6.44. The van der Waals surface area contributed by atoms with Crippen LogP contribution in [0.4, 0.5) is 13.2 Å². The van der Waals surface area contributed by atoms with E-state index in [1.54, 1.807) is 24.3 Å². The van der Waals surface area contributed by atoms with E-state index in [-0.39, 0.29) is 0 Å². The third kappa shape index (κ3) is 5.66. The Hall–Kier alpha value is -2.38. The van der Waals surface area contributed by atoms with Crippen molar-refractivity contribution in [3.05, 3.63) is 70.8 Å². The molecule has 0 radical (unpaired) electrons. The number of hydrogen-bond donors (Lipinski definition) is 2. The van der Waals surface area contributed by atoms with Crippen molar-refractivity contribution in [2.45, 2.75) is 43.9 Å². The van der Waals surface area contributed by atoms with E-state index in [2.05, 4.69) is 10.2 Å². The summed E-state index contributed by atoms with van der Waals surface area (Å²) in [5, 5.41) is 12.6. The van der Waals surface area contributed by atoms with E-state index in [1.165, 1.54) is 12.1 Å². The average Bonchev–Trinajstić information content (AvgIpc) is 3.53. The van der Waals surface area contributed by atoms with E-state index in [4.69, 9.17) is 5.11 Å². The number of carbonyl (C=O) groups is 1. The summed E-state index contributed by atoms with van der Waals surface area (Å²) in [5.74, 6) is 0.0201. The first kappa shape index (κ1) is 21.8. The van der Waals surface area contributed by atoms with Gasteiger partial charge in [0.2, 0.25) is 0 Å². The number of nitrogens with zero attached hydrogens (tertiary/aromatic N) is 1.